The van der Waals surface area contributed by atoms with Gasteiger partial charge in [-0.2, -0.15) is 0 Å². The lowest BCUT2D eigenvalue weighted by Gasteiger charge is -2.41. The van der Waals surface area contributed by atoms with Gasteiger partial charge in [-0.05, 0) is 57.9 Å². The van der Waals surface area contributed by atoms with Crippen LogP contribution >= 0.6 is 15.9 Å². The number of carbonyl (C=O) groups excluding carboxylic acids is 1. The highest BCUT2D eigenvalue weighted by Gasteiger charge is 2.44. The SMILES string of the molecule is CC(C)(C)OC(=O)N1C2CCC1CN(Cc1c(-c3ccc(Br)cc3)nc3ccccn13)C2. The first-order valence-corrected chi connectivity index (χ1v) is 12.0. The van der Waals surface area contributed by atoms with Crippen molar-refractivity contribution in [2.75, 3.05) is 13.1 Å². The molecule has 2 aliphatic rings. The quantitative estimate of drug-likeness (QED) is 0.490. The number of likely N-dealkylation sites (tertiary alicyclic amines) is 1. The molecule has 3 aromatic rings. The molecule has 0 spiro atoms. The van der Waals surface area contributed by atoms with Gasteiger partial charge in [-0.25, -0.2) is 9.78 Å². The van der Waals surface area contributed by atoms with E-state index in [1.165, 1.54) is 5.69 Å². The Kier molecular flexibility index (Phi) is 5.50. The molecule has 6 nitrogen and oxygen atoms in total. The first-order chi connectivity index (χ1) is 15.3. The zero-order valence-corrected chi connectivity index (χ0v) is 20.4. The summed E-state index contributed by atoms with van der Waals surface area (Å²) in [5.41, 5.74) is 3.81. The van der Waals surface area contributed by atoms with E-state index in [-0.39, 0.29) is 18.2 Å². The van der Waals surface area contributed by atoms with Crippen LogP contribution in [0.4, 0.5) is 4.79 Å². The Balaban J connectivity index is 1.41. The number of ether oxygens (including phenoxy) is 1. The van der Waals surface area contributed by atoms with E-state index in [4.69, 9.17) is 9.72 Å². The lowest BCUT2D eigenvalue weighted by molar-refractivity contribution is -0.00557. The number of pyridine rings is 1. The highest BCUT2D eigenvalue weighted by atomic mass is 79.9. The number of carbonyl (C=O) groups is 1. The van der Waals surface area contributed by atoms with Crippen molar-refractivity contribution in [3.8, 4) is 11.3 Å². The molecule has 168 valence electrons. The van der Waals surface area contributed by atoms with Crippen LogP contribution in [-0.4, -0.2) is 56.1 Å². The summed E-state index contributed by atoms with van der Waals surface area (Å²) in [6.07, 6.45) is 3.99. The molecule has 7 heteroatoms. The number of halogens is 1. The van der Waals surface area contributed by atoms with Gasteiger partial charge in [0.25, 0.3) is 0 Å². The molecule has 2 unspecified atom stereocenters. The van der Waals surface area contributed by atoms with Crippen LogP contribution in [0.25, 0.3) is 16.9 Å². The van der Waals surface area contributed by atoms with Gasteiger partial charge >= 0.3 is 6.09 Å². The Morgan fingerprint density at radius 2 is 1.78 bits per heavy atom. The zero-order chi connectivity index (χ0) is 22.5. The number of fused-ring (bicyclic) bond motifs is 3. The molecule has 2 atom stereocenters. The van der Waals surface area contributed by atoms with Crippen molar-refractivity contribution in [1.29, 1.82) is 0 Å². The summed E-state index contributed by atoms with van der Waals surface area (Å²) in [7, 11) is 0. The highest BCUT2D eigenvalue weighted by Crippen LogP contribution is 2.34. The van der Waals surface area contributed by atoms with Gasteiger partial charge in [-0.3, -0.25) is 9.80 Å². The number of aromatic nitrogens is 2. The van der Waals surface area contributed by atoms with E-state index in [1.54, 1.807) is 0 Å². The monoisotopic (exact) mass is 496 g/mol. The molecule has 0 radical (unpaired) electrons. The summed E-state index contributed by atoms with van der Waals surface area (Å²) >= 11 is 3.53. The summed E-state index contributed by atoms with van der Waals surface area (Å²) in [5.74, 6) is 0. The fraction of sp³-hybridized carbons (Fsp3) is 0.440. The van der Waals surface area contributed by atoms with Gasteiger partial charge in [0.05, 0.1) is 11.4 Å². The lowest BCUT2D eigenvalue weighted by Crippen LogP contribution is -2.56. The van der Waals surface area contributed by atoms with E-state index in [2.05, 4.69) is 61.8 Å². The molecule has 5 rings (SSSR count). The molecule has 32 heavy (non-hydrogen) atoms. The lowest BCUT2D eigenvalue weighted by atomic mass is 10.1. The van der Waals surface area contributed by atoms with Crippen molar-refractivity contribution < 1.29 is 9.53 Å². The van der Waals surface area contributed by atoms with Crippen LogP contribution in [0.3, 0.4) is 0 Å². The first kappa shape index (κ1) is 21.5. The molecule has 2 fully saturated rings. The largest absolute Gasteiger partial charge is 0.444 e. The molecule has 0 aliphatic carbocycles. The molecule has 0 saturated carbocycles. The minimum Gasteiger partial charge on any atom is -0.444 e. The number of amides is 1. The number of benzene rings is 1. The van der Waals surface area contributed by atoms with Crippen LogP contribution in [0, 0.1) is 0 Å². The number of piperazine rings is 1. The molecule has 2 aromatic heterocycles. The fourth-order valence-electron chi connectivity index (χ4n) is 4.98. The van der Waals surface area contributed by atoms with Gasteiger partial charge in [-0.15, -0.1) is 0 Å². The van der Waals surface area contributed by atoms with Crippen molar-refractivity contribution >= 4 is 27.7 Å². The molecule has 0 N–H and O–H groups in total. The van der Waals surface area contributed by atoms with Gasteiger partial charge in [0, 0.05) is 48.0 Å². The predicted molar refractivity (Wildman–Crippen MR) is 128 cm³/mol. The summed E-state index contributed by atoms with van der Waals surface area (Å²) in [6.45, 7) is 8.29. The van der Waals surface area contributed by atoms with Crippen molar-refractivity contribution in [2.45, 2.75) is 57.8 Å². The van der Waals surface area contributed by atoms with E-state index in [0.29, 0.717) is 0 Å². The minimum atomic E-state index is -0.469. The van der Waals surface area contributed by atoms with Crippen LogP contribution in [-0.2, 0) is 11.3 Å². The van der Waals surface area contributed by atoms with Crippen LogP contribution in [0.5, 0.6) is 0 Å². The highest BCUT2D eigenvalue weighted by molar-refractivity contribution is 9.10. The number of hydrogen-bond acceptors (Lipinski definition) is 4. The third-order valence-electron chi connectivity index (χ3n) is 6.28. The van der Waals surface area contributed by atoms with E-state index >= 15 is 0 Å². The number of rotatable bonds is 3. The maximum absolute atomic E-state index is 12.8. The second-order valence-electron chi connectivity index (χ2n) is 9.81. The van der Waals surface area contributed by atoms with Crippen molar-refractivity contribution in [3.63, 3.8) is 0 Å². The minimum absolute atomic E-state index is 0.171. The Labute approximate surface area is 197 Å². The summed E-state index contributed by atoms with van der Waals surface area (Å²) in [5, 5.41) is 0. The maximum atomic E-state index is 12.8. The summed E-state index contributed by atoms with van der Waals surface area (Å²) in [4.78, 5) is 22.2. The van der Waals surface area contributed by atoms with Crippen molar-refractivity contribution in [2.24, 2.45) is 0 Å². The molecular weight excluding hydrogens is 468 g/mol. The molecular formula is C25H29BrN4O2. The van der Waals surface area contributed by atoms with Crippen LogP contribution in [0.2, 0.25) is 0 Å². The zero-order valence-electron chi connectivity index (χ0n) is 18.8. The van der Waals surface area contributed by atoms with Gasteiger partial charge in [0.15, 0.2) is 0 Å². The van der Waals surface area contributed by atoms with E-state index in [0.717, 1.165) is 53.9 Å². The van der Waals surface area contributed by atoms with Crippen LogP contribution in [0.15, 0.2) is 53.1 Å². The van der Waals surface area contributed by atoms with Crippen molar-refractivity contribution in [3.05, 3.63) is 58.8 Å². The molecule has 2 aliphatic heterocycles. The molecule has 1 aromatic carbocycles. The average Bonchev–Trinajstić information content (AvgIpc) is 3.22. The Morgan fingerprint density at radius 3 is 2.44 bits per heavy atom. The Morgan fingerprint density at radius 1 is 1.09 bits per heavy atom. The Bertz CT molecular complexity index is 1120. The van der Waals surface area contributed by atoms with Gasteiger partial charge in [-0.1, -0.05) is 34.1 Å². The van der Waals surface area contributed by atoms with Gasteiger partial charge in [0.2, 0.25) is 0 Å². The second kappa shape index (κ2) is 8.19. The average molecular weight is 497 g/mol. The predicted octanol–water partition coefficient (Wildman–Crippen LogP) is 5.35. The van der Waals surface area contributed by atoms with E-state index in [1.807, 2.05) is 37.8 Å². The van der Waals surface area contributed by atoms with Crippen molar-refractivity contribution in [1.82, 2.24) is 19.2 Å². The number of nitrogens with zero attached hydrogens (tertiary/aromatic N) is 4. The summed E-state index contributed by atoms with van der Waals surface area (Å²) < 4.78 is 8.94. The third kappa shape index (κ3) is 4.16. The third-order valence-corrected chi connectivity index (χ3v) is 6.81. The normalized spacial score (nSPS) is 21.3. The fourth-order valence-corrected chi connectivity index (χ4v) is 5.24. The maximum Gasteiger partial charge on any atom is 0.410 e. The van der Waals surface area contributed by atoms with Gasteiger partial charge < -0.3 is 9.14 Å². The molecule has 1 amide bonds. The number of imidazole rings is 1. The molecule has 2 saturated heterocycles. The molecule has 4 heterocycles. The first-order valence-electron chi connectivity index (χ1n) is 11.2. The van der Waals surface area contributed by atoms with Crippen LogP contribution in [0.1, 0.15) is 39.3 Å². The summed E-state index contributed by atoms with van der Waals surface area (Å²) in [6, 6.07) is 14.9. The van der Waals surface area contributed by atoms with Gasteiger partial charge in [0.1, 0.15) is 11.2 Å². The van der Waals surface area contributed by atoms with E-state index in [9.17, 15) is 4.79 Å². The standard InChI is InChI=1S/C25H29BrN4O2/c1-25(2,3)32-24(31)30-19-11-12-20(30)15-28(14-19)16-21-23(17-7-9-18(26)10-8-17)27-22-6-4-5-13-29(21)22/h4-10,13,19-20H,11-12,14-16H2,1-3H3. The second-order valence-corrected chi connectivity index (χ2v) is 10.7. The Hall–Kier alpha value is -2.38. The smallest absolute Gasteiger partial charge is 0.410 e. The van der Waals surface area contributed by atoms with Crippen LogP contribution < -0.4 is 0 Å². The number of hydrogen-bond donors (Lipinski definition) is 0. The molecule has 2 bridgehead atoms. The van der Waals surface area contributed by atoms with E-state index < -0.39 is 5.60 Å². The topological polar surface area (TPSA) is 50.1 Å².